The first-order chi connectivity index (χ1) is 12.9. The van der Waals surface area contributed by atoms with E-state index < -0.39 is 10.0 Å². The summed E-state index contributed by atoms with van der Waals surface area (Å²) in [5.41, 5.74) is 1.50. The van der Waals surface area contributed by atoms with Crippen LogP contribution in [0.25, 0.3) is 0 Å². The van der Waals surface area contributed by atoms with Gasteiger partial charge in [-0.05, 0) is 42.7 Å². The van der Waals surface area contributed by atoms with Crippen molar-refractivity contribution in [3.8, 4) is 0 Å². The van der Waals surface area contributed by atoms with Gasteiger partial charge in [0, 0.05) is 32.6 Å². The molecule has 1 amide bonds. The minimum Gasteiger partial charge on any atom is -0.340 e. The van der Waals surface area contributed by atoms with Crippen LogP contribution in [0.5, 0.6) is 0 Å². The van der Waals surface area contributed by atoms with Crippen molar-refractivity contribution in [1.29, 1.82) is 0 Å². The molecule has 1 saturated heterocycles. The Morgan fingerprint density at radius 3 is 2.41 bits per heavy atom. The number of carbonyl (C=O) groups is 1. The van der Waals surface area contributed by atoms with Gasteiger partial charge in [0.25, 0.3) is 0 Å². The highest BCUT2D eigenvalue weighted by atomic mass is 32.2. The Kier molecular flexibility index (Phi) is 5.92. The maximum atomic E-state index is 13.2. The van der Waals surface area contributed by atoms with Crippen LogP contribution in [-0.4, -0.2) is 49.7 Å². The molecule has 0 spiro atoms. The molecule has 0 aliphatic carbocycles. The third kappa shape index (κ3) is 4.54. The number of halogens is 1. The highest BCUT2D eigenvalue weighted by Gasteiger charge is 2.30. The van der Waals surface area contributed by atoms with Gasteiger partial charge in [-0.25, -0.2) is 12.8 Å². The van der Waals surface area contributed by atoms with E-state index in [1.807, 2.05) is 6.07 Å². The molecule has 0 N–H and O–H groups in total. The third-order valence-corrected chi connectivity index (χ3v) is 6.88. The van der Waals surface area contributed by atoms with Crippen molar-refractivity contribution in [3.63, 3.8) is 0 Å². The fourth-order valence-electron chi connectivity index (χ4n) is 3.26. The number of piperazine rings is 1. The molecule has 0 radical (unpaired) electrons. The van der Waals surface area contributed by atoms with Crippen LogP contribution in [0.3, 0.4) is 0 Å². The van der Waals surface area contributed by atoms with Crippen LogP contribution < -0.4 is 0 Å². The van der Waals surface area contributed by atoms with Crippen LogP contribution in [0, 0.1) is 12.7 Å². The Bertz CT molecular complexity index is 922. The van der Waals surface area contributed by atoms with E-state index in [0.717, 1.165) is 5.56 Å². The second kappa shape index (κ2) is 8.19. The minimum absolute atomic E-state index is 0.0350. The summed E-state index contributed by atoms with van der Waals surface area (Å²) >= 11 is 0. The van der Waals surface area contributed by atoms with Gasteiger partial charge in [0.1, 0.15) is 5.82 Å². The topological polar surface area (TPSA) is 57.7 Å². The highest BCUT2D eigenvalue weighted by molar-refractivity contribution is 7.89. The molecule has 1 heterocycles. The second-order valence-electron chi connectivity index (χ2n) is 6.68. The van der Waals surface area contributed by atoms with Gasteiger partial charge in [0.05, 0.1) is 4.90 Å². The number of amides is 1. The lowest BCUT2D eigenvalue weighted by atomic mass is 10.1. The quantitative estimate of drug-likeness (QED) is 0.789. The van der Waals surface area contributed by atoms with Crippen molar-refractivity contribution >= 4 is 15.9 Å². The fraction of sp³-hybridized carbons (Fsp3) is 0.350. The van der Waals surface area contributed by atoms with Crippen LogP contribution in [0.4, 0.5) is 4.39 Å². The average molecular weight is 390 g/mol. The van der Waals surface area contributed by atoms with Crippen LogP contribution in [0.2, 0.25) is 0 Å². The predicted octanol–water partition coefficient (Wildman–Crippen LogP) is 2.60. The summed E-state index contributed by atoms with van der Waals surface area (Å²) in [5.74, 6) is -0.345. The second-order valence-corrected chi connectivity index (χ2v) is 8.59. The van der Waals surface area contributed by atoms with Crippen molar-refractivity contribution in [2.45, 2.75) is 24.7 Å². The molecule has 144 valence electrons. The van der Waals surface area contributed by atoms with Crippen molar-refractivity contribution in [2.75, 3.05) is 26.2 Å². The first kappa shape index (κ1) is 19.5. The van der Waals surface area contributed by atoms with E-state index in [0.29, 0.717) is 30.0 Å². The lowest BCUT2D eigenvalue weighted by molar-refractivity contribution is -0.132. The molecule has 1 aliphatic rings. The number of carbonyl (C=O) groups excluding carboxylic acids is 1. The molecule has 0 saturated carbocycles. The number of rotatable bonds is 5. The highest BCUT2D eigenvalue weighted by Crippen LogP contribution is 2.21. The standard InChI is InChI=1S/C20H23FN2O3S/c1-16-5-2-3-8-19(16)27(25,26)23-13-11-22(12-14-23)20(24)10-9-17-6-4-7-18(21)15-17/h2-8,15H,9-14H2,1H3. The zero-order chi connectivity index (χ0) is 19.4. The molecule has 0 unspecified atom stereocenters. The summed E-state index contributed by atoms with van der Waals surface area (Å²) in [4.78, 5) is 14.4. The number of hydrogen-bond acceptors (Lipinski definition) is 3. The van der Waals surface area contributed by atoms with E-state index in [1.54, 1.807) is 42.2 Å². The first-order valence-electron chi connectivity index (χ1n) is 8.96. The molecule has 2 aromatic carbocycles. The molecule has 5 nitrogen and oxygen atoms in total. The maximum Gasteiger partial charge on any atom is 0.243 e. The average Bonchev–Trinajstić information content (AvgIpc) is 2.66. The summed E-state index contributed by atoms with van der Waals surface area (Å²) in [7, 11) is -3.55. The van der Waals surface area contributed by atoms with E-state index in [4.69, 9.17) is 0 Å². The van der Waals surface area contributed by atoms with Gasteiger partial charge in [-0.15, -0.1) is 0 Å². The van der Waals surface area contributed by atoms with Gasteiger partial charge in [-0.1, -0.05) is 30.3 Å². The smallest absolute Gasteiger partial charge is 0.243 e. The van der Waals surface area contributed by atoms with Crippen molar-refractivity contribution in [3.05, 3.63) is 65.5 Å². The van der Waals surface area contributed by atoms with Crippen molar-refractivity contribution < 1.29 is 17.6 Å². The van der Waals surface area contributed by atoms with Crippen LogP contribution in [-0.2, 0) is 21.2 Å². The Hall–Kier alpha value is -2.25. The summed E-state index contributed by atoms with van der Waals surface area (Å²) < 4.78 is 40.3. The molecule has 1 fully saturated rings. The van der Waals surface area contributed by atoms with Crippen molar-refractivity contribution in [2.24, 2.45) is 0 Å². The summed E-state index contributed by atoms with van der Waals surface area (Å²) in [6.07, 6.45) is 0.756. The Balaban J connectivity index is 1.57. The molecular formula is C20H23FN2O3S. The maximum absolute atomic E-state index is 13.2. The Morgan fingerprint density at radius 2 is 1.74 bits per heavy atom. The first-order valence-corrected chi connectivity index (χ1v) is 10.4. The Labute approximate surface area is 159 Å². The summed E-state index contributed by atoms with van der Waals surface area (Å²) in [5, 5.41) is 0. The van der Waals surface area contributed by atoms with Gasteiger partial charge >= 0.3 is 0 Å². The van der Waals surface area contributed by atoms with Crippen LogP contribution >= 0.6 is 0 Å². The summed E-state index contributed by atoms with van der Waals surface area (Å²) in [6, 6.07) is 13.1. The lowest BCUT2D eigenvalue weighted by Crippen LogP contribution is -2.50. The van der Waals surface area contributed by atoms with E-state index in [9.17, 15) is 17.6 Å². The van der Waals surface area contributed by atoms with Crippen molar-refractivity contribution in [1.82, 2.24) is 9.21 Å². The van der Waals surface area contributed by atoms with Gasteiger partial charge in [-0.2, -0.15) is 4.31 Å². The largest absolute Gasteiger partial charge is 0.340 e. The van der Waals surface area contributed by atoms with Gasteiger partial charge in [0.15, 0.2) is 0 Å². The predicted molar refractivity (Wildman–Crippen MR) is 101 cm³/mol. The van der Waals surface area contributed by atoms with Crippen LogP contribution in [0.1, 0.15) is 17.5 Å². The SMILES string of the molecule is Cc1ccccc1S(=O)(=O)N1CCN(C(=O)CCc2cccc(F)c2)CC1. The number of sulfonamides is 1. The fourth-order valence-corrected chi connectivity index (χ4v) is 4.91. The molecule has 0 atom stereocenters. The molecule has 1 aliphatic heterocycles. The third-order valence-electron chi connectivity index (χ3n) is 4.82. The van der Waals surface area contributed by atoms with E-state index in [2.05, 4.69) is 0 Å². The number of hydrogen-bond donors (Lipinski definition) is 0. The van der Waals surface area contributed by atoms with Crippen LogP contribution in [0.15, 0.2) is 53.4 Å². The zero-order valence-electron chi connectivity index (χ0n) is 15.3. The minimum atomic E-state index is -3.55. The lowest BCUT2D eigenvalue weighted by Gasteiger charge is -2.34. The molecule has 27 heavy (non-hydrogen) atoms. The monoisotopic (exact) mass is 390 g/mol. The molecule has 0 aromatic heterocycles. The molecule has 0 bridgehead atoms. The Morgan fingerprint density at radius 1 is 1.04 bits per heavy atom. The van der Waals surface area contributed by atoms with Gasteiger partial charge in [-0.3, -0.25) is 4.79 Å². The molecule has 3 rings (SSSR count). The normalized spacial score (nSPS) is 15.7. The van der Waals surface area contributed by atoms with Gasteiger partial charge < -0.3 is 4.90 Å². The molecule has 7 heteroatoms. The molecular weight excluding hydrogens is 367 g/mol. The number of aryl methyl sites for hydroxylation is 2. The summed E-state index contributed by atoms with van der Waals surface area (Å²) in [6.45, 7) is 3.07. The van der Waals surface area contributed by atoms with E-state index in [-0.39, 0.29) is 31.2 Å². The van der Waals surface area contributed by atoms with E-state index in [1.165, 1.54) is 16.4 Å². The van der Waals surface area contributed by atoms with E-state index >= 15 is 0 Å². The molecule has 2 aromatic rings. The zero-order valence-corrected chi connectivity index (χ0v) is 16.1. The number of benzene rings is 2. The number of nitrogens with zero attached hydrogens (tertiary/aromatic N) is 2. The van der Waals surface area contributed by atoms with Gasteiger partial charge in [0.2, 0.25) is 15.9 Å².